The predicted molar refractivity (Wildman–Crippen MR) is 94.5 cm³/mol. The fraction of sp³-hybridized carbons (Fsp3) is 0.650. The van der Waals surface area contributed by atoms with Gasteiger partial charge in [0.1, 0.15) is 0 Å². The molecule has 1 aliphatic heterocycles. The summed E-state index contributed by atoms with van der Waals surface area (Å²) in [6, 6.07) is 8.81. The highest BCUT2D eigenvalue weighted by molar-refractivity contribution is 5.94. The molecule has 1 heterocycles. The molecule has 1 N–H and O–H groups in total. The van der Waals surface area contributed by atoms with Crippen molar-refractivity contribution in [2.45, 2.75) is 65.0 Å². The van der Waals surface area contributed by atoms with Crippen molar-refractivity contribution in [3.8, 4) is 0 Å². The predicted octanol–water partition coefficient (Wildman–Crippen LogP) is 3.98. The number of amides is 1. The zero-order valence-electron chi connectivity index (χ0n) is 14.6. The second kappa shape index (κ2) is 7.04. The normalized spacial score (nSPS) is 23.9. The summed E-state index contributed by atoms with van der Waals surface area (Å²) in [7, 11) is 0. The van der Waals surface area contributed by atoms with Gasteiger partial charge in [0.2, 0.25) is 0 Å². The Kier molecular flexibility index (Phi) is 5.05. The molecule has 1 saturated heterocycles. The minimum absolute atomic E-state index is 0.191. The molecule has 0 aromatic heterocycles. The van der Waals surface area contributed by atoms with Gasteiger partial charge in [0.25, 0.3) is 5.91 Å². The highest BCUT2D eigenvalue weighted by Crippen LogP contribution is 2.35. The fourth-order valence-corrected chi connectivity index (χ4v) is 4.00. The van der Waals surface area contributed by atoms with Gasteiger partial charge in [-0.05, 0) is 55.2 Å². The molecule has 3 heteroatoms. The molecule has 0 bridgehead atoms. The second-order valence-corrected chi connectivity index (χ2v) is 8.03. The van der Waals surface area contributed by atoms with Crippen LogP contribution in [-0.2, 0) is 6.54 Å². The van der Waals surface area contributed by atoms with Crippen LogP contribution in [-0.4, -0.2) is 29.9 Å². The minimum atomic E-state index is 0.191. The van der Waals surface area contributed by atoms with Crippen LogP contribution in [0.2, 0.25) is 0 Å². The molecular formula is C20H30N2O. The van der Waals surface area contributed by atoms with E-state index in [-0.39, 0.29) is 5.91 Å². The zero-order chi connectivity index (χ0) is 16.3. The standard InChI is InChI=1S/C20H30N2O/c1-20(2)11-5-6-18(14-20)21-15-16-7-9-17(10-8-16)19(23)22-12-3-4-13-22/h7-10,18,21H,3-6,11-15H2,1-2H3/t18-/m1/s1. The van der Waals surface area contributed by atoms with E-state index in [4.69, 9.17) is 0 Å². The number of nitrogens with one attached hydrogen (secondary N) is 1. The van der Waals surface area contributed by atoms with Crippen molar-refractivity contribution < 1.29 is 4.79 Å². The Morgan fingerprint density at radius 2 is 1.87 bits per heavy atom. The number of carbonyl (C=O) groups is 1. The van der Waals surface area contributed by atoms with Crippen LogP contribution >= 0.6 is 0 Å². The number of carbonyl (C=O) groups excluding carboxylic acids is 1. The van der Waals surface area contributed by atoms with Crippen molar-refractivity contribution in [3.05, 3.63) is 35.4 Å². The van der Waals surface area contributed by atoms with Gasteiger partial charge in [0.05, 0.1) is 0 Å². The van der Waals surface area contributed by atoms with Crippen LogP contribution in [0.4, 0.5) is 0 Å². The molecule has 1 aromatic rings. The summed E-state index contributed by atoms with van der Waals surface area (Å²) >= 11 is 0. The Morgan fingerprint density at radius 1 is 1.17 bits per heavy atom. The first-order chi connectivity index (χ1) is 11.0. The van der Waals surface area contributed by atoms with Gasteiger partial charge < -0.3 is 10.2 Å². The first kappa shape index (κ1) is 16.5. The van der Waals surface area contributed by atoms with Gasteiger partial charge in [-0.2, -0.15) is 0 Å². The number of likely N-dealkylation sites (tertiary alicyclic amines) is 1. The van der Waals surface area contributed by atoms with Crippen LogP contribution < -0.4 is 5.32 Å². The summed E-state index contributed by atoms with van der Waals surface area (Å²) < 4.78 is 0. The molecule has 1 atom stereocenters. The topological polar surface area (TPSA) is 32.3 Å². The molecule has 0 spiro atoms. The second-order valence-electron chi connectivity index (χ2n) is 8.03. The quantitative estimate of drug-likeness (QED) is 0.911. The van der Waals surface area contributed by atoms with Crippen molar-refractivity contribution in [2.75, 3.05) is 13.1 Å². The van der Waals surface area contributed by atoms with E-state index in [1.165, 1.54) is 31.2 Å². The third kappa shape index (κ3) is 4.35. The molecule has 23 heavy (non-hydrogen) atoms. The van der Waals surface area contributed by atoms with Crippen LogP contribution in [0.5, 0.6) is 0 Å². The summed E-state index contributed by atoms with van der Waals surface area (Å²) in [4.78, 5) is 14.3. The molecule has 0 unspecified atom stereocenters. The molecular weight excluding hydrogens is 284 g/mol. The molecule has 1 saturated carbocycles. The number of rotatable bonds is 4. The lowest BCUT2D eigenvalue weighted by Crippen LogP contribution is -2.36. The van der Waals surface area contributed by atoms with Crippen molar-refractivity contribution in [1.82, 2.24) is 10.2 Å². The molecule has 2 fully saturated rings. The lowest BCUT2D eigenvalue weighted by Gasteiger charge is -2.35. The molecule has 126 valence electrons. The minimum Gasteiger partial charge on any atom is -0.339 e. The van der Waals surface area contributed by atoms with Gasteiger partial charge in [0, 0.05) is 31.2 Å². The Labute approximate surface area is 140 Å². The van der Waals surface area contributed by atoms with Crippen molar-refractivity contribution >= 4 is 5.91 Å². The van der Waals surface area contributed by atoms with E-state index in [2.05, 4.69) is 31.3 Å². The molecule has 0 radical (unpaired) electrons. The molecule has 3 nitrogen and oxygen atoms in total. The highest BCUT2D eigenvalue weighted by Gasteiger charge is 2.27. The van der Waals surface area contributed by atoms with E-state index in [0.717, 1.165) is 38.0 Å². The summed E-state index contributed by atoms with van der Waals surface area (Å²) in [6.07, 6.45) is 7.51. The van der Waals surface area contributed by atoms with Gasteiger partial charge >= 0.3 is 0 Å². The van der Waals surface area contributed by atoms with E-state index < -0.39 is 0 Å². The number of hydrogen-bond donors (Lipinski definition) is 1. The van der Waals surface area contributed by atoms with Crippen molar-refractivity contribution in [3.63, 3.8) is 0 Å². The van der Waals surface area contributed by atoms with Crippen LogP contribution in [0.25, 0.3) is 0 Å². The summed E-state index contributed by atoms with van der Waals surface area (Å²) in [5, 5.41) is 3.70. The van der Waals surface area contributed by atoms with E-state index in [0.29, 0.717) is 11.5 Å². The third-order valence-corrected chi connectivity index (χ3v) is 5.39. The third-order valence-electron chi connectivity index (χ3n) is 5.39. The van der Waals surface area contributed by atoms with Gasteiger partial charge in [-0.25, -0.2) is 0 Å². The largest absolute Gasteiger partial charge is 0.339 e. The highest BCUT2D eigenvalue weighted by atomic mass is 16.2. The average molecular weight is 314 g/mol. The number of nitrogens with zero attached hydrogens (tertiary/aromatic N) is 1. The van der Waals surface area contributed by atoms with Crippen molar-refractivity contribution in [1.29, 1.82) is 0 Å². The molecule has 1 amide bonds. The zero-order valence-corrected chi connectivity index (χ0v) is 14.6. The monoisotopic (exact) mass is 314 g/mol. The molecule has 1 aliphatic carbocycles. The lowest BCUT2D eigenvalue weighted by molar-refractivity contribution is 0.0793. The Bertz CT molecular complexity index is 529. The Hall–Kier alpha value is -1.35. The van der Waals surface area contributed by atoms with Gasteiger partial charge in [0.15, 0.2) is 0 Å². The maximum atomic E-state index is 12.3. The van der Waals surface area contributed by atoms with Gasteiger partial charge in [-0.3, -0.25) is 4.79 Å². The molecule has 2 aliphatic rings. The van der Waals surface area contributed by atoms with Gasteiger partial charge in [-0.15, -0.1) is 0 Å². The average Bonchev–Trinajstić information content (AvgIpc) is 3.06. The smallest absolute Gasteiger partial charge is 0.253 e. The van der Waals surface area contributed by atoms with Crippen molar-refractivity contribution in [2.24, 2.45) is 5.41 Å². The summed E-state index contributed by atoms with van der Waals surface area (Å²) in [5.41, 5.74) is 2.57. The van der Waals surface area contributed by atoms with E-state index in [1.807, 2.05) is 17.0 Å². The SMILES string of the molecule is CC1(C)CCC[C@@H](NCc2ccc(C(=O)N3CCCC3)cc2)C1. The van der Waals surface area contributed by atoms with E-state index in [9.17, 15) is 4.79 Å². The Balaban J connectivity index is 1.52. The summed E-state index contributed by atoms with van der Waals surface area (Å²) in [6.45, 7) is 7.48. The van der Waals surface area contributed by atoms with Crippen LogP contribution in [0.15, 0.2) is 24.3 Å². The maximum absolute atomic E-state index is 12.3. The Morgan fingerprint density at radius 3 is 2.52 bits per heavy atom. The van der Waals surface area contributed by atoms with E-state index in [1.54, 1.807) is 0 Å². The number of benzene rings is 1. The van der Waals surface area contributed by atoms with Crippen LogP contribution in [0, 0.1) is 5.41 Å². The summed E-state index contributed by atoms with van der Waals surface area (Å²) in [5.74, 6) is 0.191. The maximum Gasteiger partial charge on any atom is 0.253 e. The molecule has 3 rings (SSSR count). The van der Waals surface area contributed by atoms with Gasteiger partial charge in [-0.1, -0.05) is 32.4 Å². The fourth-order valence-electron chi connectivity index (χ4n) is 4.00. The first-order valence-electron chi connectivity index (χ1n) is 9.15. The molecule has 1 aromatic carbocycles. The van der Waals surface area contributed by atoms with E-state index >= 15 is 0 Å². The first-order valence-corrected chi connectivity index (χ1v) is 9.15. The number of hydrogen-bond acceptors (Lipinski definition) is 2. The van der Waals surface area contributed by atoms with Crippen LogP contribution in [0.1, 0.15) is 68.3 Å². The lowest BCUT2D eigenvalue weighted by atomic mass is 9.75. The van der Waals surface area contributed by atoms with Crippen LogP contribution in [0.3, 0.4) is 0 Å².